The van der Waals surface area contributed by atoms with Crippen molar-refractivity contribution in [3.63, 3.8) is 0 Å². The Morgan fingerprint density at radius 3 is 3.00 bits per heavy atom. The first-order chi connectivity index (χ1) is 7.66. The Hall–Kier alpha value is -1.55. The molecule has 0 saturated heterocycles. The van der Waals surface area contributed by atoms with Crippen molar-refractivity contribution in [1.29, 1.82) is 0 Å². The van der Waals surface area contributed by atoms with Gasteiger partial charge in [-0.25, -0.2) is 5.43 Å². The third-order valence-electron chi connectivity index (χ3n) is 2.32. The molecule has 16 heavy (non-hydrogen) atoms. The fraction of sp³-hybridized carbons (Fsp3) is 0.273. The lowest BCUT2D eigenvalue weighted by Gasteiger charge is -1.99. The van der Waals surface area contributed by atoms with Gasteiger partial charge in [0.1, 0.15) is 5.75 Å². The van der Waals surface area contributed by atoms with Crippen LogP contribution in [-0.4, -0.2) is 17.2 Å². The fourth-order valence-corrected chi connectivity index (χ4v) is 1.41. The number of rotatable bonds is 3. The molecule has 1 fully saturated rings. The number of hydrazone groups is 1. The van der Waals surface area contributed by atoms with E-state index in [4.69, 9.17) is 11.6 Å². The number of halogens is 1. The number of phenolic OH excluding ortho intramolecular Hbond substituents is 1. The third-order valence-corrected chi connectivity index (χ3v) is 2.55. The van der Waals surface area contributed by atoms with E-state index in [0.717, 1.165) is 12.8 Å². The maximum Gasteiger partial charge on any atom is 0.243 e. The summed E-state index contributed by atoms with van der Waals surface area (Å²) in [4.78, 5) is 11.2. The minimum absolute atomic E-state index is 0.0715. The predicted molar refractivity (Wildman–Crippen MR) is 61.6 cm³/mol. The highest BCUT2D eigenvalue weighted by atomic mass is 35.5. The first-order valence-corrected chi connectivity index (χ1v) is 5.36. The van der Waals surface area contributed by atoms with Gasteiger partial charge in [-0.05, 0) is 31.0 Å². The lowest BCUT2D eigenvalue weighted by Crippen LogP contribution is -2.18. The Balaban J connectivity index is 1.99. The Kier molecular flexibility index (Phi) is 3.10. The fourth-order valence-electron chi connectivity index (χ4n) is 1.23. The number of nitrogens with zero attached hydrogens (tertiary/aromatic N) is 1. The number of carbonyl (C=O) groups excluding carboxylic acids is 1. The largest absolute Gasteiger partial charge is 0.507 e. The molecule has 0 unspecified atom stereocenters. The van der Waals surface area contributed by atoms with Gasteiger partial charge in [0.05, 0.1) is 6.21 Å². The van der Waals surface area contributed by atoms with Gasteiger partial charge in [-0.3, -0.25) is 4.79 Å². The molecule has 0 heterocycles. The van der Waals surface area contributed by atoms with Gasteiger partial charge in [0.15, 0.2) is 0 Å². The van der Waals surface area contributed by atoms with Crippen LogP contribution in [0.3, 0.4) is 0 Å². The number of carbonyl (C=O) groups is 1. The van der Waals surface area contributed by atoms with Crippen molar-refractivity contribution in [3.8, 4) is 5.75 Å². The first-order valence-electron chi connectivity index (χ1n) is 4.98. The molecular weight excluding hydrogens is 228 g/mol. The standard InChI is InChI=1S/C11H11ClN2O2/c12-9-3-4-10(15)8(5-9)6-13-14-11(16)7-1-2-7/h3-7,15H,1-2H2,(H,14,16). The van der Waals surface area contributed by atoms with Crippen LogP contribution in [0.4, 0.5) is 0 Å². The average Bonchev–Trinajstić information content (AvgIpc) is 3.06. The zero-order chi connectivity index (χ0) is 11.5. The van der Waals surface area contributed by atoms with Gasteiger partial charge >= 0.3 is 0 Å². The van der Waals surface area contributed by atoms with Crippen molar-refractivity contribution in [1.82, 2.24) is 5.43 Å². The number of nitrogens with one attached hydrogen (secondary N) is 1. The molecule has 5 heteroatoms. The molecule has 1 aromatic carbocycles. The molecule has 0 radical (unpaired) electrons. The molecule has 1 aromatic rings. The van der Waals surface area contributed by atoms with E-state index < -0.39 is 0 Å². The average molecular weight is 239 g/mol. The van der Waals surface area contributed by atoms with Gasteiger partial charge in [-0.2, -0.15) is 5.10 Å². The van der Waals surface area contributed by atoms with E-state index in [0.29, 0.717) is 10.6 Å². The topological polar surface area (TPSA) is 61.7 Å². The molecule has 0 atom stereocenters. The highest BCUT2D eigenvalue weighted by molar-refractivity contribution is 6.30. The van der Waals surface area contributed by atoms with Crippen LogP contribution in [0.15, 0.2) is 23.3 Å². The zero-order valence-corrected chi connectivity index (χ0v) is 9.24. The van der Waals surface area contributed by atoms with Crippen molar-refractivity contribution < 1.29 is 9.90 Å². The van der Waals surface area contributed by atoms with Crippen molar-refractivity contribution in [2.24, 2.45) is 11.0 Å². The van der Waals surface area contributed by atoms with Gasteiger partial charge in [0, 0.05) is 16.5 Å². The van der Waals surface area contributed by atoms with Crippen LogP contribution in [0.2, 0.25) is 5.02 Å². The van der Waals surface area contributed by atoms with E-state index in [9.17, 15) is 9.90 Å². The van der Waals surface area contributed by atoms with Crippen LogP contribution in [0.1, 0.15) is 18.4 Å². The quantitative estimate of drug-likeness (QED) is 0.624. The summed E-state index contributed by atoms with van der Waals surface area (Å²) >= 11 is 5.76. The molecule has 4 nitrogen and oxygen atoms in total. The number of hydrogen-bond donors (Lipinski definition) is 2. The van der Waals surface area contributed by atoms with Gasteiger partial charge in [0.25, 0.3) is 0 Å². The molecule has 0 bridgehead atoms. The van der Waals surface area contributed by atoms with Crippen molar-refractivity contribution in [2.45, 2.75) is 12.8 Å². The van der Waals surface area contributed by atoms with Gasteiger partial charge in [0.2, 0.25) is 5.91 Å². The van der Waals surface area contributed by atoms with E-state index in [1.807, 2.05) is 0 Å². The Labute approximate surface area is 97.9 Å². The van der Waals surface area contributed by atoms with E-state index >= 15 is 0 Å². The SMILES string of the molecule is O=C(NN=Cc1cc(Cl)ccc1O)C1CC1. The number of hydrogen-bond acceptors (Lipinski definition) is 3. The summed E-state index contributed by atoms with van der Waals surface area (Å²) in [5.41, 5.74) is 2.89. The Morgan fingerprint density at radius 1 is 1.56 bits per heavy atom. The number of benzene rings is 1. The maximum absolute atomic E-state index is 11.2. The molecule has 1 aliphatic carbocycles. The Morgan fingerprint density at radius 2 is 2.31 bits per heavy atom. The highest BCUT2D eigenvalue weighted by Gasteiger charge is 2.29. The van der Waals surface area contributed by atoms with Crippen LogP contribution < -0.4 is 5.43 Å². The lowest BCUT2D eigenvalue weighted by atomic mass is 10.2. The minimum Gasteiger partial charge on any atom is -0.507 e. The molecular formula is C11H11ClN2O2. The second-order valence-corrected chi connectivity index (χ2v) is 4.15. The van der Waals surface area contributed by atoms with E-state index in [2.05, 4.69) is 10.5 Å². The van der Waals surface area contributed by atoms with E-state index in [1.165, 1.54) is 12.3 Å². The summed E-state index contributed by atoms with van der Waals surface area (Å²) < 4.78 is 0. The predicted octanol–water partition coefficient (Wildman–Crippen LogP) is 1.91. The molecule has 0 aliphatic heterocycles. The first kappa shape index (κ1) is 11.0. The molecule has 1 saturated carbocycles. The van der Waals surface area contributed by atoms with Gasteiger partial charge < -0.3 is 5.11 Å². The van der Waals surface area contributed by atoms with Gasteiger partial charge in [-0.15, -0.1) is 0 Å². The Bertz CT molecular complexity index is 442. The maximum atomic E-state index is 11.2. The molecule has 0 spiro atoms. The molecule has 1 aliphatic rings. The number of aromatic hydroxyl groups is 1. The molecule has 2 rings (SSSR count). The number of amides is 1. The second-order valence-electron chi connectivity index (χ2n) is 3.71. The number of phenols is 1. The molecule has 2 N–H and O–H groups in total. The summed E-state index contributed by atoms with van der Waals surface area (Å²) in [6, 6.07) is 4.63. The zero-order valence-electron chi connectivity index (χ0n) is 8.48. The minimum atomic E-state index is -0.0715. The highest BCUT2D eigenvalue weighted by Crippen LogP contribution is 2.28. The second kappa shape index (κ2) is 4.53. The molecule has 0 aromatic heterocycles. The lowest BCUT2D eigenvalue weighted by molar-refractivity contribution is -0.122. The van der Waals surface area contributed by atoms with Crippen molar-refractivity contribution >= 4 is 23.7 Å². The van der Waals surface area contributed by atoms with Crippen LogP contribution in [0.5, 0.6) is 5.75 Å². The molecule has 1 amide bonds. The summed E-state index contributed by atoms with van der Waals surface area (Å²) in [5.74, 6) is 0.122. The summed E-state index contributed by atoms with van der Waals surface area (Å²) in [7, 11) is 0. The van der Waals surface area contributed by atoms with Gasteiger partial charge in [-0.1, -0.05) is 11.6 Å². The smallest absolute Gasteiger partial charge is 0.243 e. The van der Waals surface area contributed by atoms with Crippen LogP contribution in [-0.2, 0) is 4.79 Å². The van der Waals surface area contributed by atoms with Crippen LogP contribution in [0.25, 0.3) is 0 Å². The van der Waals surface area contributed by atoms with E-state index in [1.54, 1.807) is 12.1 Å². The summed E-state index contributed by atoms with van der Waals surface area (Å²) in [6.45, 7) is 0. The molecule has 84 valence electrons. The summed E-state index contributed by atoms with van der Waals surface area (Å²) in [5, 5.41) is 13.7. The van der Waals surface area contributed by atoms with Crippen molar-refractivity contribution in [3.05, 3.63) is 28.8 Å². The van der Waals surface area contributed by atoms with Crippen molar-refractivity contribution in [2.75, 3.05) is 0 Å². The monoisotopic (exact) mass is 238 g/mol. The van der Waals surface area contributed by atoms with E-state index in [-0.39, 0.29) is 17.6 Å². The summed E-state index contributed by atoms with van der Waals surface area (Å²) in [6.07, 6.45) is 3.25. The normalized spacial score (nSPS) is 15.3. The van der Waals surface area contributed by atoms with Crippen LogP contribution in [0, 0.1) is 5.92 Å². The van der Waals surface area contributed by atoms with Crippen LogP contribution >= 0.6 is 11.6 Å². The third kappa shape index (κ3) is 2.73.